The second-order valence-corrected chi connectivity index (χ2v) is 4.41. The zero-order valence-electron chi connectivity index (χ0n) is 9.86. The summed E-state index contributed by atoms with van der Waals surface area (Å²) in [5.74, 6) is 0. The highest BCUT2D eigenvalue weighted by Crippen LogP contribution is 2.02. The Bertz CT molecular complexity index is 302. The largest absolute Gasteiger partial charge is 0.375 e. The summed E-state index contributed by atoms with van der Waals surface area (Å²) in [6.07, 6.45) is 0. The second-order valence-electron chi connectivity index (χ2n) is 4.41. The highest BCUT2D eigenvalue weighted by Gasteiger charge is 2.15. The molecule has 1 saturated heterocycles. The third-order valence-corrected chi connectivity index (χ3v) is 2.89. The van der Waals surface area contributed by atoms with E-state index in [2.05, 4.69) is 29.4 Å². The number of piperazine rings is 1. The maximum Gasteiger partial charge on any atom is 0.0717 e. The van der Waals surface area contributed by atoms with Gasteiger partial charge in [0.25, 0.3) is 0 Å². The van der Waals surface area contributed by atoms with Crippen LogP contribution in [0.15, 0.2) is 30.3 Å². The Balaban J connectivity index is 1.68. The van der Waals surface area contributed by atoms with Crippen LogP contribution in [0.1, 0.15) is 5.56 Å². The molecule has 0 aliphatic carbocycles. The van der Waals surface area contributed by atoms with Gasteiger partial charge in [-0.25, -0.2) is 0 Å². The van der Waals surface area contributed by atoms with Crippen LogP contribution in [0.4, 0.5) is 0 Å². The Morgan fingerprint density at radius 1 is 1.38 bits per heavy atom. The molecule has 0 amide bonds. The lowest BCUT2D eigenvalue weighted by atomic mass is 10.2. The van der Waals surface area contributed by atoms with Crippen LogP contribution in [-0.4, -0.2) is 44.2 Å². The first-order valence-electron chi connectivity index (χ1n) is 5.88. The van der Waals surface area contributed by atoms with E-state index in [1.807, 2.05) is 18.2 Å². The Morgan fingerprint density at radius 2 is 2.19 bits per heavy atom. The van der Waals surface area contributed by atoms with Gasteiger partial charge in [-0.15, -0.1) is 0 Å². The van der Waals surface area contributed by atoms with Crippen molar-refractivity contribution in [3.05, 3.63) is 35.9 Å². The van der Waals surface area contributed by atoms with Crippen LogP contribution in [0.2, 0.25) is 0 Å². The third kappa shape index (κ3) is 3.59. The van der Waals surface area contributed by atoms with Crippen molar-refractivity contribution in [3.63, 3.8) is 0 Å². The van der Waals surface area contributed by atoms with E-state index in [0.717, 1.165) is 26.2 Å². The molecule has 3 heteroatoms. The predicted octanol–water partition coefficient (Wildman–Crippen LogP) is 1.11. The van der Waals surface area contributed by atoms with Crippen LogP contribution in [0.5, 0.6) is 0 Å². The molecule has 0 saturated carbocycles. The van der Waals surface area contributed by atoms with Crippen molar-refractivity contribution in [3.8, 4) is 0 Å². The predicted molar refractivity (Wildman–Crippen MR) is 65.4 cm³/mol. The fourth-order valence-corrected chi connectivity index (χ4v) is 2.00. The van der Waals surface area contributed by atoms with E-state index in [4.69, 9.17) is 4.74 Å². The molecule has 88 valence electrons. The SMILES string of the molecule is CN1CCNC(COCc2ccccc2)C1. The Kier molecular flexibility index (Phi) is 4.34. The molecule has 1 aromatic carbocycles. The minimum Gasteiger partial charge on any atom is -0.375 e. The molecule has 1 N–H and O–H groups in total. The number of likely N-dealkylation sites (N-methyl/N-ethyl adjacent to an activating group) is 1. The minimum atomic E-state index is 0.475. The normalized spacial score (nSPS) is 22.2. The Labute approximate surface area is 97.4 Å². The van der Waals surface area contributed by atoms with E-state index in [-0.39, 0.29) is 0 Å². The monoisotopic (exact) mass is 220 g/mol. The number of hydrogen-bond acceptors (Lipinski definition) is 3. The summed E-state index contributed by atoms with van der Waals surface area (Å²) in [6, 6.07) is 10.8. The number of hydrogen-bond donors (Lipinski definition) is 1. The molecule has 1 fully saturated rings. The number of nitrogens with zero attached hydrogens (tertiary/aromatic N) is 1. The first kappa shape index (κ1) is 11.6. The molecule has 0 aromatic heterocycles. The molecule has 1 aromatic rings. The highest BCUT2D eigenvalue weighted by molar-refractivity contribution is 5.13. The quantitative estimate of drug-likeness (QED) is 0.822. The number of benzene rings is 1. The maximum absolute atomic E-state index is 5.72. The van der Waals surface area contributed by atoms with Gasteiger partial charge in [-0.3, -0.25) is 0 Å². The van der Waals surface area contributed by atoms with Gasteiger partial charge < -0.3 is 15.0 Å². The van der Waals surface area contributed by atoms with Crippen molar-refractivity contribution in [1.29, 1.82) is 0 Å². The second kappa shape index (κ2) is 5.99. The summed E-state index contributed by atoms with van der Waals surface area (Å²) in [5.41, 5.74) is 1.24. The van der Waals surface area contributed by atoms with Gasteiger partial charge in [0.05, 0.1) is 13.2 Å². The van der Waals surface area contributed by atoms with E-state index in [1.54, 1.807) is 0 Å². The van der Waals surface area contributed by atoms with Crippen LogP contribution in [0.3, 0.4) is 0 Å². The standard InChI is InChI=1S/C13H20N2O/c1-15-8-7-14-13(9-15)11-16-10-12-5-3-2-4-6-12/h2-6,13-14H,7-11H2,1H3. The van der Waals surface area contributed by atoms with Gasteiger partial charge in [-0.05, 0) is 12.6 Å². The molecule has 1 heterocycles. The van der Waals surface area contributed by atoms with Gasteiger partial charge in [-0.2, -0.15) is 0 Å². The maximum atomic E-state index is 5.72. The Morgan fingerprint density at radius 3 is 2.94 bits per heavy atom. The molecule has 1 atom stereocenters. The zero-order valence-corrected chi connectivity index (χ0v) is 9.86. The summed E-state index contributed by atoms with van der Waals surface area (Å²) in [5, 5.41) is 3.47. The number of nitrogens with one attached hydrogen (secondary N) is 1. The molecule has 0 bridgehead atoms. The van der Waals surface area contributed by atoms with Crippen LogP contribution >= 0.6 is 0 Å². The average molecular weight is 220 g/mol. The lowest BCUT2D eigenvalue weighted by Crippen LogP contribution is -2.51. The zero-order chi connectivity index (χ0) is 11.2. The van der Waals surface area contributed by atoms with E-state index in [9.17, 15) is 0 Å². The lowest BCUT2D eigenvalue weighted by Gasteiger charge is -2.30. The molecule has 16 heavy (non-hydrogen) atoms. The van der Waals surface area contributed by atoms with E-state index in [1.165, 1.54) is 5.56 Å². The fourth-order valence-electron chi connectivity index (χ4n) is 2.00. The van der Waals surface area contributed by atoms with Gasteiger partial charge in [0.15, 0.2) is 0 Å². The summed E-state index contributed by atoms with van der Waals surface area (Å²) in [6.45, 7) is 4.78. The van der Waals surface area contributed by atoms with Gasteiger partial charge in [0, 0.05) is 25.7 Å². The van der Waals surface area contributed by atoms with Crippen LogP contribution < -0.4 is 5.32 Å². The molecular formula is C13H20N2O. The van der Waals surface area contributed by atoms with Crippen molar-refractivity contribution in [1.82, 2.24) is 10.2 Å². The van der Waals surface area contributed by atoms with Crippen LogP contribution in [-0.2, 0) is 11.3 Å². The summed E-state index contributed by atoms with van der Waals surface area (Å²) in [7, 11) is 2.16. The van der Waals surface area contributed by atoms with Crippen molar-refractivity contribution in [2.75, 3.05) is 33.3 Å². The summed E-state index contributed by atoms with van der Waals surface area (Å²) in [4.78, 5) is 2.34. The lowest BCUT2D eigenvalue weighted by molar-refractivity contribution is 0.0776. The topological polar surface area (TPSA) is 24.5 Å². The number of rotatable bonds is 4. The Hall–Kier alpha value is -0.900. The van der Waals surface area contributed by atoms with Gasteiger partial charge in [0.2, 0.25) is 0 Å². The van der Waals surface area contributed by atoms with Gasteiger partial charge in [0.1, 0.15) is 0 Å². The fraction of sp³-hybridized carbons (Fsp3) is 0.538. The third-order valence-electron chi connectivity index (χ3n) is 2.89. The van der Waals surface area contributed by atoms with Crippen molar-refractivity contribution in [2.45, 2.75) is 12.6 Å². The molecule has 2 rings (SSSR count). The minimum absolute atomic E-state index is 0.475. The summed E-state index contributed by atoms with van der Waals surface area (Å²) < 4.78 is 5.72. The first-order chi connectivity index (χ1) is 7.84. The molecule has 0 spiro atoms. The smallest absolute Gasteiger partial charge is 0.0717 e. The first-order valence-corrected chi connectivity index (χ1v) is 5.88. The molecular weight excluding hydrogens is 200 g/mol. The number of ether oxygens (including phenoxy) is 1. The van der Waals surface area contributed by atoms with E-state index < -0.39 is 0 Å². The molecule has 3 nitrogen and oxygen atoms in total. The molecule has 1 aliphatic heterocycles. The van der Waals surface area contributed by atoms with Gasteiger partial charge in [-0.1, -0.05) is 30.3 Å². The highest BCUT2D eigenvalue weighted by atomic mass is 16.5. The van der Waals surface area contributed by atoms with Crippen LogP contribution in [0.25, 0.3) is 0 Å². The van der Waals surface area contributed by atoms with Crippen molar-refractivity contribution in [2.24, 2.45) is 0 Å². The average Bonchev–Trinajstić information content (AvgIpc) is 2.30. The molecule has 1 aliphatic rings. The van der Waals surface area contributed by atoms with E-state index in [0.29, 0.717) is 12.6 Å². The van der Waals surface area contributed by atoms with E-state index >= 15 is 0 Å². The molecule has 0 radical (unpaired) electrons. The molecule has 1 unspecified atom stereocenters. The van der Waals surface area contributed by atoms with Crippen molar-refractivity contribution < 1.29 is 4.74 Å². The van der Waals surface area contributed by atoms with Gasteiger partial charge >= 0.3 is 0 Å². The summed E-state index contributed by atoms with van der Waals surface area (Å²) >= 11 is 0. The van der Waals surface area contributed by atoms with Crippen molar-refractivity contribution >= 4 is 0 Å². The van der Waals surface area contributed by atoms with Crippen LogP contribution in [0, 0.1) is 0 Å².